The van der Waals surface area contributed by atoms with Gasteiger partial charge in [-0.05, 0) is 31.0 Å². The monoisotopic (exact) mass is 328 g/mol. The van der Waals surface area contributed by atoms with Gasteiger partial charge in [0.1, 0.15) is 11.4 Å². The highest BCUT2D eigenvalue weighted by Gasteiger charge is 2.45. The predicted molar refractivity (Wildman–Crippen MR) is 68.8 cm³/mol. The molecule has 0 heterocycles. The Morgan fingerprint density at radius 2 is 1.95 bits per heavy atom. The summed E-state index contributed by atoms with van der Waals surface area (Å²) in [6, 6.07) is 2.99. The van der Waals surface area contributed by atoms with Gasteiger partial charge in [-0.3, -0.25) is 0 Å². The third-order valence-corrected chi connectivity index (χ3v) is 5.06. The van der Waals surface area contributed by atoms with E-state index in [9.17, 15) is 21.6 Å². The summed E-state index contributed by atoms with van der Waals surface area (Å²) in [4.78, 5) is -0.349. The second-order valence-electron chi connectivity index (χ2n) is 4.58. The van der Waals surface area contributed by atoms with Gasteiger partial charge in [0.25, 0.3) is 0 Å². The minimum atomic E-state index is -4.60. The number of alkyl halides is 3. The van der Waals surface area contributed by atoms with Crippen molar-refractivity contribution in [2.24, 2.45) is 0 Å². The van der Waals surface area contributed by atoms with Crippen molar-refractivity contribution in [2.75, 3.05) is 12.3 Å². The van der Waals surface area contributed by atoms with E-state index in [2.05, 4.69) is 0 Å². The normalized spacial score (nSPS) is 16.6. The highest BCUT2D eigenvalue weighted by molar-refractivity contribution is 7.89. The molecule has 1 aromatic rings. The van der Waals surface area contributed by atoms with Crippen LogP contribution in [-0.4, -0.2) is 31.5 Å². The largest absolute Gasteiger partial charge is 0.402 e. The molecule has 0 unspecified atom stereocenters. The van der Waals surface area contributed by atoms with Gasteiger partial charge < -0.3 is 5.73 Å². The molecular formula is C11H12ClF3N2O2S. The van der Waals surface area contributed by atoms with E-state index in [1.165, 1.54) is 12.1 Å². The van der Waals surface area contributed by atoms with Crippen molar-refractivity contribution < 1.29 is 21.6 Å². The summed E-state index contributed by atoms with van der Waals surface area (Å²) in [5, 5.41) is 0.218. The Labute approximate surface area is 119 Å². The summed E-state index contributed by atoms with van der Waals surface area (Å²) in [5.74, 6) is 0. The van der Waals surface area contributed by atoms with Crippen LogP contribution in [0.3, 0.4) is 0 Å². The van der Waals surface area contributed by atoms with Gasteiger partial charge in [0.05, 0.1) is 5.69 Å². The van der Waals surface area contributed by atoms with Gasteiger partial charge in [0.15, 0.2) is 0 Å². The standard InChI is InChI=1S/C11H12ClF3N2O2S/c12-7-1-4-10(9(16)5-7)20(18,19)17(8-2-3-8)6-11(13,14)15/h1,4-5,8H,2-3,6,16H2. The van der Waals surface area contributed by atoms with Crippen LogP contribution >= 0.6 is 11.6 Å². The molecule has 0 saturated heterocycles. The SMILES string of the molecule is Nc1cc(Cl)ccc1S(=O)(=O)N(CC(F)(F)F)C1CC1. The molecule has 4 nitrogen and oxygen atoms in total. The molecule has 0 spiro atoms. The molecule has 1 aromatic carbocycles. The van der Waals surface area contributed by atoms with Crippen molar-refractivity contribution in [1.82, 2.24) is 4.31 Å². The summed E-state index contributed by atoms with van der Waals surface area (Å²) in [6.07, 6.45) is -3.76. The lowest BCUT2D eigenvalue weighted by Gasteiger charge is -2.23. The Morgan fingerprint density at radius 1 is 1.35 bits per heavy atom. The molecule has 1 aliphatic carbocycles. The molecule has 112 valence electrons. The van der Waals surface area contributed by atoms with E-state index < -0.39 is 28.8 Å². The number of benzene rings is 1. The van der Waals surface area contributed by atoms with Crippen molar-refractivity contribution >= 4 is 27.3 Å². The van der Waals surface area contributed by atoms with Crippen molar-refractivity contribution in [3.8, 4) is 0 Å². The van der Waals surface area contributed by atoms with Gasteiger partial charge in [-0.25, -0.2) is 8.42 Å². The molecule has 20 heavy (non-hydrogen) atoms. The molecule has 2 N–H and O–H groups in total. The first-order valence-electron chi connectivity index (χ1n) is 5.75. The third kappa shape index (κ3) is 3.36. The van der Waals surface area contributed by atoms with E-state index >= 15 is 0 Å². The van der Waals surface area contributed by atoms with Crippen molar-refractivity contribution in [3.63, 3.8) is 0 Å². The molecule has 1 saturated carbocycles. The zero-order valence-corrected chi connectivity index (χ0v) is 11.8. The zero-order chi connectivity index (χ0) is 15.1. The van der Waals surface area contributed by atoms with Gasteiger partial charge in [0.2, 0.25) is 10.0 Å². The minimum absolute atomic E-state index is 0.162. The number of nitrogens with zero attached hydrogens (tertiary/aromatic N) is 1. The average Bonchev–Trinajstić information content (AvgIpc) is 3.07. The minimum Gasteiger partial charge on any atom is -0.398 e. The zero-order valence-electron chi connectivity index (χ0n) is 10.2. The summed E-state index contributed by atoms with van der Waals surface area (Å²) >= 11 is 5.66. The average molecular weight is 329 g/mol. The van der Waals surface area contributed by atoms with E-state index in [1.807, 2.05) is 0 Å². The molecule has 0 atom stereocenters. The maximum atomic E-state index is 12.5. The lowest BCUT2D eigenvalue weighted by molar-refractivity contribution is -0.137. The summed E-state index contributed by atoms with van der Waals surface area (Å²) in [6.45, 7) is -1.51. The van der Waals surface area contributed by atoms with E-state index in [0.29, 0.717) is 17.1 Å². The molecule has 0 radical (unpaired) electrons. The topological polar surface area (TPSA) is 63.4 Å². The van der Waals surface area contributed by atoms with E-state index in [-0.39, 0.29) is 15.6 Å². The molecule has 0 aromatic heterocycles. The van der Waals surface area contributed by atoms with Gasteiger partial charge in [0, 0.05) is 11.1 Å². The number of halogens is 4. The number of hydrogen-bond donors (Lipinski definition) is 1. The van der Waals surface area contributed by atoms with Crippen LogP contribution in [0.2, 0.25) is 5.02 Å². The Balaban J connectivity index is 2.40. The number of rotatable bonds is 4. The fraction of sp³-hybridized carbons (Fsp3) is 0.455. The smallest absolute Gasteiger partial charge is 0.398 e. The van der Waals surface area contributed by atoms with Crippen LogP contribution in [0.1, 0.15) is 12.8 Å². The van der Waals surface area contributed by atoms with E-state index in [0.717, 1.165) is 6.07 Å². The molecule has 1 aliphatic rings. The second-order valence-corrected chi connectivity index (χ2v) is 6.87. The maximum Gasteiger partial charge on any atom is 0.402 e. The van der Waals surface area contributed by atoms with Gasteiger partial charge >= 0.3 is 6.18 Å². The lowest BCUT2D eigenvalue weighted by atomic mass is 10.3. The van der Waals surface area contributed by atoms with Crippen molar-refractivity contribution in [1.29, 1.82) is 0 Å². The van der Waals surface area contributed by atoms with Gasteiger partial charge in [-0.2, -0.15) is 17.5 Å². The number of nitrogen functional groups attached to an aromatic ring is 1. The Kier molecular flexibility index (Phi) is 3.92. The lowest BCUT2D eigenvalue weighted by Crippen LogP contribution is -2.40. The highest BCUT2D eigenvalue weighted by Crippen LogP contribution is 2.36. The van der Waals surface area contributed by atoms with Crippen molar-refractivity contribution in [3.05, 3.63) is 23.2 Å². The maximum absolute atomic E-state index is 12.5. The number of anilines is 1. The second kappa shape index (κ2) is 5.09. The van der Waals surface area contributed by atoms with Crippen LogP contribution < -0.4 is 5.73 Å². The molecule has 0 aliphatic heterocycles. The van der Waals surface area contributed by atoms with E-state index in [1.54, 1.807) is 0 Å². The predicted octanol–water partition coefficient (Wildman–Crippen LogP) is 2.64. The van der Waals surface area contributed by atoms with Gasteiger partial charge in [-0.15, -0.1) is 0 Å². The van der Waals surface area contributed by atoms with Crippen molar-refractivity contribution in [2.45, 2.75) is 30.0 Å². The fourth-order valence-electron chi connectivity index (χ4n) is 1.83. The summed E-state index contributed by atoms with van der Waals surface area (Å²) in [7, 11) is -4.29. The number of sulfonamides is 1. The van der Waals surface area contributed by atoms with E-state index in [4.69, 9.17) is 17.3 Å². The molecule has 0 bridgehead atoms. The molecular weight excluding hydrogens is 317 g/mol. The third-order valence-electron chi connectivity index (χ3n) is 2.85. The number of hydrogen-bond acceptors (Lipinski definition) is 3. The molecule has 0 amide bonds. The van der Waals surface area contributed by atoms with Crippen LogP contribution in [0.5, 0.6) is 0 Å². The van der Waals surface area contributed by atoms with Crippen LogP contribution in [0.15, 0.2) is 23.1 Å². The highest BCUT2D eigenvalue weighted by atomic mass is 35.5. The molecule has 2 rings (SSSR count). The first-order valence-corrected chi connectivity index (χ1v) is 7.57. The molecule has 1 fully saturated rings. The molecule has 9 heteroatoms. The first-order chi connectivity index (χ1) is 9.11. The van der Waals surface area contributed by atoms with Crippen LogP contribution in [0.4, 0.5) is 18.9 Å². The Hall–Kier alpha value is -0.990. The van der Waals surface area contributed by atoms with Gasteiger partial charge in [-0.1, -0.05) is 11.6 Å². The Morgan fingerprint density at radius 3 is 2.40 bits per heavy atom. The quantitative estimate of drug-likeness (QED) is 0.864. The summed E-state index contributed by atoms with van der Waals surface area (Å²) < 4.78 is 62.8. The van der Waals surface area contributed by atoms with Crippen LogP contribution in [0.25, 0.3) is 0 Å². The number of nitrogens with two attached hydrogens (primary N) is 1. The van der Waals surface area contributed by atoms with Crippen LogP contribution in [0, 0.1) is 0 Å². The van der Waals surface area contributed by atoms with Crippen LogP contribution in [-0.2, 0) is 10.0 Å². The fourth-order valence-corrected chi connectivity index (χ4v) is 3.78. The first kappa shape index (κ1) is 15.4. The Bertz CT molecular complexity index is 615. The summed E-state index contributed by atoms with van der Waals surface area (Å²) in [5.41, 5.74) is 5.40.